The van der Waals surface area contributed by atoms with Crippen LogP contribution < -0.4 is 29.1 Å². The van der Waals surface area contributed by atoms with Crippen LogP contribution in [0, 0.1) is 5.82 Å². The number of allylic oxidation sites excluding steroid dienone is 1. The molecule has 0 spiro atoms. The fraction of sp³-hybridized carbons (Fsp3) is 0.231. The van der Waals surface area contributed by atoms with Crippen LogP contribution in [0.1, 0.15) is 43.5 Å². The van der Waals surface area contributed by atoms with Gasteiger partial charge in [-0.05, 0) is 79.1 Å². The molecular formula is C39H35FN2O8S. The van der Waals surface area contributed by atoms with Crippen LogP contribution >= 0.6 is 11.3 Å². The zero-order valence-corrected chi connectivity index (χ0v) is 29.3. The Morgan fingerprint density at radius 1 is 0.922 bits per heavy atom. The number of rotatable bonds is 12. The molecular weight excluding hydrogens is 676 g/mol. The Hall–Kier alpha value is -5.75. The highest BCUT2D eigenvalue weighted by molar-refractivity contribution is 7.07. The van der Waals surface area contributed by atoms with E-state index in [1.165, 1.54) is 35.1 Å². The average Bonchev–Trinajstić information content (AvgIpc) is 3.44. The van der Waals surface area contributed by atoms with Crippen LogP contribution in [0.2, 0.25) is 0 Å². The molecule has 0 fully saturated rings. The molecule has 51 heavy (non-hydrogen) atoms. The Bertz CT molecular complexity index is 2330. The minimum atomic E-state index is -0.918. The van der Waals surface area contributed by atoms with Crippen molar-refractivity contribution in [3.05, 3.63) is 132 Å². The van der Waals surface area contributed by atoms with Gasteiger partial charge in [-0.1, -0.05) is 59.9 Å². The van der Waals surface area contributed by atoms with Gasteiger partial charge in [0.1, 0.15) is 18.2 Å². The third kappa shape index (κ3) is 7.41. The van der Waals surface area contributed by atoms with Gasteiger partial charge in [0.25, 0.3) is 5.56 Å². The van der Waals surface area contributed by atoms with Gasteiger partial charge in [-0.2, -0.15) is 0 Å². The number of halogens is 1. The van der Waals surface area contributed by atoms with Crippen LogP contribution in [0.15, 0.2) is 99.9 Å². The van der Waals surface area contributed by atoms with Crippen LogP contribution in [0.4, 0.5) is 4.39 Å². The first kappa shape index (κ1) is 35.1. The number of thiazole rings is 1. The van der Waals surface area contributed by atoms with Gasteiger partial charge in [0.15, 0.2) is 22.9 Å². The Morgan fingerprint density at radius 3 is 2.43 bits per heavy atom. The lowest BCUT2D eigenvalue weighted by molar-refractivity contribution is -0.143. The van der Waals surface area contributed by atoms with E-state index in [-0.39, 0.29) is 43.4 Å². The number of fused-ring (bicyclic) bond motifs is 2. The lowest BCUT2D eigenvalue weighted by atomic mass is 9.95. The Morgan fingerprint density at radius 2 is 1.69 bits per heavy atom. The molecule has 1 aromatic heterocycles. The monoisotopic (exact) mass is 710 g/mol. The predicted molar refractivity (Wildman–Crippen MR) is 190 cm³/mol. The molecule has 0 radical (unpaired) electrons. The summed E-state index contributed by atoms with van der Waals surface area (Å²) in [5, 5.41) is 1.81. The molecule has 0 bridgehead atoms. The number of benzene rings is 4. The molecule has 0 aliphatic carbocycles. The topological polar surface area (TPSA) is 115 Å². The number of methoxy groups -OCH3 is 1. The summed E-state index contributed by atoms with van der Waals surface area (Å²) in [4.78, 5) is 44.9. The number of hydrogen-bond acceptors (Lipinski definition) is 10. The van der Waals surface area contributed by atoms with Gasteiger partial charge in [-0.3, -0.25) is 9.36 Å². The molecule has 0 unspecified atom stereocenters. The lowest BCUT2D eigenvalue weighted by Gasteiger charge is -2.25. The second-order valence-electron chi connectivity index (χ2n) is 11.4. The van der Waals surface area contributed by atoms with Crippen LogP contribution in [0.3, 0.4) is 0 Å². The molecule has 0 saturated heterocycles. The molecule has 1 aliphatic heterocycles. The maximum atomic E-state index is 14.5. The molecule has 0 amide bonds. The summed E-state index contributed by atoms with van der Waals surface area (Å²) in [6.45, 7) is 5.49. The number of carbonyl (C=O) groups excluding carboxylic acids is 2. The Labute approximate surface area is 296 Å². The molecule has 2 heterocycles. The minimum absolute atomic E-state index is 0.124. The van der Waals surface area contributed by atoms with Gasteiger partial charge in [-0.25, -0.2) is 19.0 Å². The largest absolute Gasteiger partial charge is 0.490 e. The fourth-order valence-corrected chi connectivity index (χ4v) is 6.84. The smallest absolute Gasteiger partial charge is 0.343 e. The molecule has 4 aromatic carbocycles. The van der Waals surface area contributed by atoms with E-state index in [0.29, 0.717) is 43.4 Å². The maximum Gasteiger partial charge on any atom is 0.343 e. The summed E-state index contributed by atoms with van der Waals surface area (Å²) in [6.07, 6.45) is 1.78. The van der Waals surface area contributed by atoms with Gasteiger partial charge in [0.2, 0.25) is 0 Å². The summed E-state index contributed by atoms with van der Waals surface area (Å²) in [5.41, 5.74) is 2.24. The van der Waals surface area contributed by atoms with Crippen LogP contribution in [0.5, 0.6) is 17.2 Å². The molecule has 0 saturated carbocycles. The van der Waals surface area contributed by atoms with E-state index < -0.39 is 18.0 Å². The second-order valence-corrected chi connectivity index (χ2v) is 12.4. The van der Waals surface area contributed by atoms with Gasteiger partial charge in [0.05, 0.1) is 42.2 Å². The number of carbonyl (C=O) groups is 2. The van der Waals surface area contributed by atoms with E-state index in [4.69, 9.17) is 28.7 Å². The van der Waals surface area contributed by atoms with E-state index in [1.807, 2.05) is 36.4 Å². The van der Waals surface area contributed by atoms with Crippen molar-refractivity contribution in [3.63, 3.8) is 0 Å². The van der Waals surface area contributed by atoms with Gasteiger partial charge < -0.3 is 23.7 Å². The number of aromatic nitrogens is 1. The fourth-order valence-electron chi connectivity index (χ4n) is 5.81. The molecule has 5 aromatic rings. The first-order chi connectivity index (χ1) is 24.7. The van der Waals surface area contributed by atoms with Gasteiger partial charge >= 0.3 is 11.9 Å². The van der Waals surface area contributed by atoms with E-state index in [2.05, 4.69) is 0 Å². The van der Waals surface area contributed by atoms with E-state index in [9.17, 15) is 18.8 Å². The van der Waals surface area contributed by atoms with E-state index >= 15 is 0 Å². The molecule has 262 valence electrons. The summed E-state index contributed by atoms with van der Waals surface area (Å²) in [6, 6.07) is 21.7. The van der Waals surface area contributed by atoms with Crippen molar-refractivity contribution < 1.29 is 37.7 Å². The Kier molecular flexibility index (Phi) is 10.6. The zero-order valence-electron chi connectivity index (χ0n) is 28.4. The van der Waals surface area contributed by atoms with Crippen molar-refractivity contribution in [2.75, 3.05) is 26.9 Å². The lowest BCUT2D eigenvalue weighted by Crippen LogP contribution is -2.40. The Balaban J connectivity index is 1.50. The highest BCUT2D eigenvalue weighted by Crippen LogP contribution is 2.37. The first-order valence-corrected chi connectivity index (χ1v) is 17.1. The van der Waals surface area contributed by atoms with Crippen molar-refractivity contribution >= 4 is 40.1 Å². The van der Waals surface area contributed by atoms with Crippen LogP contribution in [0.25, 0.3) is 16.8 Å². The van der Waals surface area contributed by atoms with Gasteiger partial charge in [-0.15, -0.1) is 0 Å². The maximum absolute atomic E-state index is 14.5. The highest BCUT2D eigenvalue weighted by atomic mass is 32.1. The molecule has 12 heteroatoms. The van der Waals surface area contributed by atoms with Crippen LogP contribution in [-0.4, -0.2) is 43.4 Å². The van der Waals surface area contributed by atoms with Crippen molar-refractivity contribution in [3.8, 4) is 17.2 Å². The van der Waals surface area contributed by atoms with E-state index in [1.54, 1.807) is 57.2 Å². The number of nitrogens with zero attached hydrogens (tertiary/aromatic N) is 2. The predicted octanol–water partition coefficient (Wildman–Crippen LogP) is 5.62. The van der Waals surface area contributed by atoms with Crippen molar-refractivity contribution in [1.82, 2.24) is 4.57 Å². The third-order valence-corrected chi connectivity index (χ3v) is 9.17. The van der Waals surface area contributed by atoms with Crippen LogP contribution in [-0.2, 0) is 25.7 Å². The summed E-state index contributed by atoms with van der Waals surface area (Å²) in [5.74, 6) is -0.358. The van der Waals surface area contributed by atoms with E-state index in [0.717, 1.165) is 16.3 Å². The summed E-state index contributed by atoms with van der Waals surface area (Å²) >= 11 is 1.19. The molecule has 10 nitrogen and oxygen atoms in total. The average molecular weight is 711 g/mol. The SMILES string of the molecule is CCOC(=O)C1=C(C)N=c2s/c(=C/c3c(OCc4ccc(F)cc4)ccc4ccccc34)c(=O)n2[C@H]1c1ccc(OCC(=O)OC)c(OCC)c1. The number of esters is 2. The molecule has 6 rings (SSSR count). The normalized spacial score (nSPS) is 14.1. The highest BCUT2D eigenvalue weighted by Gasteiger charge is 2.34. The zero-order chi connectivity index (χ0) is 36.1. The first-order valence-electron chi connectivity index (χ1n) is 16.3. The minimum Gasteiger partial charge on any atom is -0.490 e. The molecule has 0 N–H and O–H groups in total. The number of hydrogen-bond donors (Lipinski definition) is 0. The summed E-state index contributed by atoms with van der Waals surface area (Å²) < 4.78 is 43.3. The third-order valence-electron chi connectivity index (χ3n) is 8.19. The van der Waals surface area contributed by atoms with Crippen molar-refractivity contribution in [2.45, 2.75) is 33.4 Å². The number of ether oxygens (including phenoxy) is 5. The van der Waals surface area contributed by atoms with Gasteiger partial charge in [0, 0.05) is 5.56 Å². The second kappa shape index (κ2) is 15.4. The summed E-state index contributed by atoms with van der Waals surface area (Å²) in [7, 11) is 1.27. The molecule has 1 atom stereocenters. The standard InChI is InChI=1S/C39H35FN2O8S/c1-5-47-32-19-26(14-18-31(32)50-22-34(43)46-4)36-35(38(45)48-6-2)23(3)41-39-42(36)37(44)33(51-39)20-29-28-10-8-7-9-25(28)13-17-30(29)49-21-24-11-15-27(40)16-12-24/h7-20,36H,5-6,21-22H2,1-4H3/b33-20+/t36-/m0/s1. The van der Waals surface area contributed by atoms with Crippen molar-refractivity contribution in [1.29, 1.82) is 0 Å². The van der Waals surface area contributed by atoms with Crippen molar-refractivity contribution in [2.24, 2.45) is 4.99 Å². The quantitative estimate of drug-likeness (QED) is 0.153. The molecule has 1 aliphatic rings.